The lowest BCUT2D eigenvalue weighted by atomic mass is 10.0. The summed E-state index contributed by atoms with van der Waals surface area (Å²) < 4.78 is 10.5. The molecule has 8 heteroatoms. The van der Waals surface area contributed by atoms with Crippen molar-refractivity contribution < 1.29 is 14.3 Å². The molecule has 3 heterocycles. The summed E-state index contributed by atoms with van der Waals surface area (Å²) in [6.07, 6.45) is 2.92. The van der Waals surface area contributed by atoms with E-state index in [0.717, 1.165) is 11.1 Å². The fourth-order valence-electron chi connectivity index (χ4n) is 3.07. The fraction of sp³-hybridized carbons (Fsp3) is 0.263. The Kier molecular flexibility index (Phi) is 5.07. The number of aliphatic imine (C=N–C) groups is 1. The third-order valence-corrected chi connectivity index (χ3v) is 4.32. The van der Waals surface area contributed by atoms with E-state index in [1.54, 1.807) is 38.4 Å². The number of carbonyl (C=O) groups is 1. The first-order chi connectivity index (χ1) is 13.0. The molecule has 0 saturated heterocycles. The Balaban J connectivity index is 2.06. The molecule has 0 atom stereocenters. The van der Waals surface area contributed by atoms with Crippen LogP contribution in [0.1, 0.15) is 21.6 Å². The van der Waals surface area contributed by atoms with Gasteiger partial charge in [0.25, 0.3) is 5.91 Å². The molecule has 2 N–H and O–H groups in total. The van der Waals surface area contributed by atoms with Crippen LogP contribution in [0.5, 0.6) is 11.8 Å². The summed E-state index contributed by atoms with van der Waals surface area (Å²) in [5, 5.41) is 0. The molecule has 0 bridgehead atoms. The second-order valence-corrected chi connectivity index (χ2v) is 5.93. The first-order valence-corrected chi connectivity index (χ1v) is 8.29. The Bertz CT molecular complexity index is 953. The zero-order valence-electron chi connectivity index (χ0n) is 15.7. The Morgan fingerprint density at radius 1 is 1.30 bits per heavy atom. The van der Waals surface area contributed by atoms with Gasteiger partial charge in [0, 0.05) is 25.5 Å². The summed E-state index contributed by atoms with van der Waals surface area (Å²) in [7, 11) is 4.71. The van der Waals surface area contributed by atoms with Gasteiger partial charge in [0.1, 0.15) is 0 Å². The van der Waals surface area contributed by atoms with Crippen LogP contribution in [0.25, 0.3) is 11.3 Å². The van der Waals surface area contributed by atoms with Gasteiger partial charge in [-0.15, -0.1) is 0 Å². The number of pyridine rings is 2. The maximum Gasteiger partial charge on any atom is 0.260 e. The smallest absolute Gasteiger partial charge is 0.260 e. The van der Waals surface area contributed by atoms with Crippen LogP contribution in [0.15, 0.2) is 35.1 Å². The Hall–Kier alpha value is -3.42. The minimum Gasteiger partial charge on any atom is -0.481 e. The summed E-state index contributed by atoms with van der Waals surface area (Å²) in [6, 6.07) is 5.43. The highest BCUT2D eigenvalue weighted by molar-refractivity contribution is 6.03. The van der Waals surface area contributed by atoms with Crippen molar-refractivity contribution in [2.75, 3.05) is 21.3 Å². The van der Waals surface area contributed by atoms with E-state index < -0.39 is 0 Å². The molecule has 2 aromatic rings. The average molecular weight is 367 g/mol. The van der Waals surface area contributed by atoms with Crippen LogP contribution in [-0.2, 0) is 6.54 Å². The first-order valence-electron chi connectivity index (χ1n) is 8.29. The molecule has 140 valence electrons. The molecule has 1 aliphatic rings. The molecule has 0 radical (unpaired) electrons. The average Bonchev–Trinajstić information content (AvgIpc) is 3.02. The lowest BCUT2D eigenvalue weighted by molar-refractivity contribution is 0.0834. The van der Waals surface area contributed by atoms with Crippen molar-refractivity contribution in [1.82, 2.24) is 14.9 Å². The normalized spacial score (nSPS) is 14.0. The number of nitrogens with zero attached hydrogens (tertiary/aromatic N) is 4. The lowest BCUT2D eigenvalue weighted by Gasteiger charge is -2.15. The number of rotatable bonds is 5. The molecule has 0 spiro atoms. The van der Waals surface area contributed by atoms with Gasteiger partial charge in [0.2, 0.25) is 11.8 Å². The van der Waals surface area contributed by atoms with Gasteiger partial charge in [0.05, 0.1) is 49.0 Å². The molecular formula is C19H21N5O3. The van der Waals surface area contributed by atoms with Crippen molar-refractivity contribution in [2.45, 2.75) is 13.5 Å². The molecule has 1 aliphatic heterocycles. The van der Waals surface area contributed by atoms with Gasteiger partial charge in [-0.1, -0.05) is 0 Å². The number of allylic oxidation sites excluding steroid dienone is 1. The number of ether oxygens (including phenoxy) is 2. The molecule has 2 aromatic heterocycles. The molecule has 0 saturated carbocycles. The summed E-state index contributed by atoms with van der Waals surface area (Å²) in [6.45, 7) is 2.21. The van der Waals surface area contributed by atoms with E-state index in [0.29, 0.717) is 41.0 Å². The predicted molar refractivity (Wildman–Crippen MR) is 102 cm³/mol. The molecule has 0 aromatic carbocycles. The van der Waals surface area contributed by atoms with E-state index in [4.69, 9.17) is 20.2 Å². The summed E-state index contributed by atoms with van der Waals surface area (Å²) in [5.74, 6) is 0.715. The van der Waals surface area contributed by atoms with Crippen molar-refractivity contribution in [3.63, 3.8) is 0 Å². The van der Waals surface area contributed by atoms with Gasteiger partial charge in [-0.25, -0.2) is 4.98 Å². The molecular weight excluding hydrogens is 346 g/mol. The molecule has 1 amide bonds. The lowest BCUT2D eigenvalue weighted by Crippen LogP contribution is -2.25. The van der Waals surface area contributed by atoms with Gasteiger partial charge in [-0.05, 0) is 24.6 Å². The van der Waals surface area contributed by atoms with Crippen molar-refractivity contribution in [2.24, 2.45) is 10.7 Å². The topological polar surface area (TPSA) is 103 Å². The maximum absolute atomic E-state index is 12.8. The largest absolute Gasteiger partial charge is 0.481 e. The highest BCUT2D eigenvalue weighted by Gasteiger charge is 2.32. The van der Waals surface area contributed by atoms with E-state index in [1.165, 1.54) is 6.20 Å². The molecule has 3 rings (SSSR count). The van der Waals surface area contributed by atoms with Gasteiger partial charge in [0.15, 0.2) is 0 Å². The van der Waals surface area contributed by atoms with Crippen molar-refractivity contribution >= 4 is 12.1 Å². The van der Waals surface area contributed by atoms with Crippen LogP contribution in [0.4, 0.5) is 0 Å². The molecule has 0 aliphatic carbocycles. The van der Waals surface area contributed by atoms with Crippen molar-refractivity contribution in [3.05, 3.63) is 46.9 Å². The molecule has 0 unspecified atom stereocenters. The highest BCUT2D eigenvalue weighted by Crippen LogP contribution is 2.34. The molecule has 0 fully saturated rings. The summed E-state index contributed by atoms with van der Waals surface area (Å²) >= 11 is 0. The number of aromatic nitrogens is 2. The number of hydrogen-bond acceptors (Lipinski definition) is 7. The SMILES string of the molecule is C/N=C\C(=C/N)N1Cc2nc(-c3ccc(OC)nc3OC)cc(C)c2C1=O. The van der Waals surface area contributed by atoms with E-state index in [2.05, 4.69) is 9.98 Å². The van der Waals surface area contributed by atoms with Gasteiger partial charge in [-0.3, -0.25) is 14.7 Å². The van der Waals surface area contributed by atoms with Crippen LogP contribution >= 0.6 is 0 Å². The minimum atomic E-state index is -0.141. The third kappa shape index (κ3) is 3.21. The van der Waals surface area contributed by atoms with Gasteiger partial charge >= 0.3 is 0 Å². The second-order valence-electron chi connectivity index (χ2n) is 5.93. The quantitative estimate of drug-likeness (QED) is 0.810. The standard InChI is InChI=1S/C19H21N5O3/c1-11-7-14(13-5-6-16(26-3)23-18(13)27-4)22-15-10-24(19(25)17(11)15)12(8-20)9-21-2/h5-9H,10,20H2,1-4H3/b12-8+,21-9-. The summed E-state index contributed by atoms with van der Waals surface area (Å²) in [5.41, 5.74) is 9.67. The summed E-state index contributed by atoms with van der Waals surface area (Å²) in [4.78, 5) is 27.3. The number of methoxy groups -OCH3 is 2. The number of hydrogen-bond donors (Lipinski definition) is 1. The van der Waals surface area contributed by atoms with Crippen LogP contribution in [0, 0.1) is 6.92 Å². The number of aryl methyl sites for hydroxylation is 1. The second kappa shape index (κ2) is 7.45. The van der Waals surface area contributed by atoms with Crippen LogP contribution in [-0.4, -0.2) is 48.3 Å². The van der Waals surface area contributed by atoms with E-state index in [9.17, 15) is 4.79 Å². The van der Waals surface area contributed by atoms with Crippen molar-refractivity contribution in [1.29, 1.82) is 0 Å². The van der Waals surface area contributed by atoms with Crippen LogP contribution in [0.2, 0.25) is 0 Å². The van der Waals surface area contributed by atoms with Crippen LogP contribution in [0.3, 0.4) is 0 Å². The van der Waals surface area contributed by atoms with Crippen LogP contribution < -0.4 is 15.2 Å². The Morgan fingerprint density at radius 2 is 2.07 bits per heavy atom. The van der Waals surface area contributed by atoms with E-state index in [-0.39, 0.29) is 5.91 Å². The predicted octanol–water partition coefficient (Wildman–Crippen LogP) is 1.93. The molecule has 8 nitrogen and oxygen atoms in total. The van der Waals surface area contributed by atoms with Crippen molar-refractivity contribution in [3.8, 4) is 23.0 Å². The number of fused-ring (bicyclic) bond motifs is 1. The highest BCUT2D eigenvalue weighted by atomic mass is 16.5. The number of nitrogens with two attached hydrogens (primary N) is 1. The molecule has 27 heavy (non-hydrogen) atoms. The third-order valence-electron chi connectivity index (χ3n) is 4.32. The zero-order chi connectivity index (χ0) is 19.6. The minimum absolute atomic E-state index is 0.141. The number of amides is 1. The van der Waals surface area contributed by atoms with E-state index >= 15 is 0 Å². The first kappa shape index (κ1) is 18.4. The van der Waals surface area contributed by atoms with Gasteiger partial charge < -0.3 is 15.2 Å². The number of carbonyl (C=O) groups excluding carboxylic acids is 1. The monoisotopic (exact) mass is 367 g/mol. The maximum atomic E-state index is 12.8. The Morgan fingerprint density at radius 3 is 2.70 bits per heavy atom. The zero-order valence-corrected chi connectivity index (χ0v) is 15.7. The Labute approximate surface area is 157 Å². The van der Waals surface area contributed by atoms with Gasteiger partial charge in [-0.2, -0.15) is 4.98 Å². The van der Waals surface area contributed by atoms with E-state index in [1.807, 2.05) is 19.1 Å². The fourth-order valence-corrected chi connectivity index (χ4v) is 3.07.